The van der Waals surface area contributed by atoms with E-state index in [9.17, 15) is 5.26 Å². The van der Waals surface area contributed by atoms with Crippen molar-refractivity contribution in [3.8, 4) is 6.07 Å². The van der Waals surface area contributed by atoms with Crippen molar-refractivity contribution in [2.24, 2.45) is 5.41 Å². The summed E-state index contributed by atoms with van der Waals surface area (Å²) in [4.78, 5) is 2.36. The zero-order chi connectivity index (χ0) is 18.0. The Morgan fingerprint density at radius 1 is 0.917 bits per heavy atom. The Morgan fingerprint density at radius 2 is 1.54 bits per heavy atom. The quantitative estimate of drug-likeness (QED) is 0.668. The molecule has 2 nitrogen and oxygen atoms in total. The second-order valence-electron chi connectivity index (χ2n) is 8.33. The van der Waals surface area contributed by atoms with E-state index in [1.54, 1.807) is 0 Å². The van der Waals surface area contributed by atoms with Gasteiger partial charge in [-0.15, -0.1) is 0 Å². The van der Waals surface area contributed by atoms with Crippen LogP contribution in [0.25, 0.3) is 0 Å². The van der Waals surface area contributed by atoms with Gasteiger partial charge in [-0.1, -0.05) is 45.0 Å². The molecular formula is C22H28N2. The van der Waals surface area contributed by atoms with Crippen molar-refractivity contribution in [3.63, 3.8) is 0 Å². The summed E-state index contributed by atoms with van der Waals surface area (Å²) in [6.07, 6.45) is 1.03. The molecule has 24 heavy (non-hydrogen) atoms. The van der Waals surface area contributed by atoms with Crippen LogP contribution in [0.15, 0.2) is 48.5 Å². The van der Waals surface area contributed by atoms with E-state index in [1.807, 2.05) is 25.1 Å². The van der Waals surface area contributed by atoms with Gasteiger partial charge in [-0.3, -0.25) is 0 Å². The molecule has 0 unspecified atom stereocenters. The highest BCUT2D eigenvalue weighted by Crippen LogP contribution is 2.40. The number of para-hydroxylation sites is 1. The second-order valence-corrected chi connectivity index (χ2v) is 8.33. The van der Waals surface area contributed by atoms with E-state index in [0.717, 1.165) is 28.9 Å². The summed E-state index contributed by atoms with van der Waals surface area (Å²) in [7, 11) is 0. The normalized spacial score (nSPS) is 11.9. The van der Waals surface area contributed by atoms with Gasteiger partial charge in [0.2, 0.25) is 0 Å². The fourth-order valence-corrected chi connectivity index (χ4v) is 3.67. The molecule has 0 aliphatic heterocycles. The maximum atomic E-state index is 9.42. The zero-order valence-electron chi connectivity index (χ0n) is 15.7. The van der Waals surface area contributed by atoms with Crippen LogP contribution in [0.5, 0.6) is 0 Å². The summed E-state index contributed by atoms with van der Waals surface area (Å²) in [6, 6.07) is 18.9. The Labute approximate surface area is 146 Å². The Balaban J connectivity index is 2.58. The van der Waals surface area contributed by atoms with Crippen molar-refractivity contribution in [2.45, 2.75) is 53.5 Å². The minimum Gasteiger partial charge on any atom is -0.336 e. The lowest BCUT2D eigenvalue weighted by Gasteiger charge is -2.44. The number of anilines is 2. The highest BCUT2D eigenvalue weighted by atomic mass is 15.2. The molecule has 0 saturated heterocycles. The summed E-state index contributed by atoms with van der Waals surface area (Å²) in [5, 5.41) is 9.42. The van der Waals surface area contributed by atoms with Crippen LogP contribution in [-0.2, 0) is 0 Å². The Kier molecular flexibility index (Phi) is 5.04. The molecule has 0 aromatic heterocycles. The fourth-order valence-electron chi connectivity index (χ4n) is 3.67. The van der Waals surface area contributed by atoms with Gasteiger partial charge in [0.15, 0.2) is 0 Å². The topological polar surface area (TPSA) is 27.0 Å². The third-order valence-electron chi connectivity index (χ3n) is 4.18. The zero-order valence-corrected chi connectivity index (χ0v) is 15.7. The molecule has 0 atom stereocenters. The van der Waals surface area contributed by atoms with Crippen LogP contribution in [0, 0.1) is 23.7 Å². The molecule has 2 aromatic rings. The average molecular weight is 320 g/mol. The first kappa shape index (κ1) is 18.1. The molecule has 0 radical (unpaired) electrons. The highest BCUT2D eigenvalue weighted by molar-refractivity contribution is 5.67. The van der Waals surface area contributed by atoms with Crippen molar-refractivity contribution in [1.29, 1.82) is 5.26 Å². The first-order chi connectivity index (χ1) is 11.1. The Morgan fingerprint density at radius 3 is 2.08 bits per heavy atom. The minimum atomic E-state index is -0.0818. The SMILES string of the molecule is Cc1ccc(N(c2ccccc2)C(C)(C)CC(C)(C)C)cc1C#N. The van der Waals surface area contributed by atoms with Crippen molar-refractivity contribution >= 4 is 11.4 Å². The lowest BCUT2D eigenvalue weighted by molar-refractivity contribution is 0.284. The molecule has 2 heteroatoms. The van der Waals surface area contributed by atoms with Crippen LogP contribution in [0.2, 0.25) is 0 Å². The second kappa shape index (κ2) is 6.69. The van der Waals surface area contributed by atoms with Crippen LogP contribution >= 0.6 is 0 Å². The van der Waals surface area contributed by atoms with Crippen molar-refractivity contribution < 1.29 is 0 Å². The molecule has 0 N–H and O–H groups in total. The molecular weight excluding hydrogens is 292 g/mol. The van der Waals surface area contributed by atoms with Crippen LogP contribution in [0.1, 0.15) is 52.2 Å². The lowest BCUT2D eigenvalue weighted by atomic mass is 9.80. The van der Waals surface area contributed by atoms with E-state index in [0.29, 0.717) is 0 Å². The maximum absolute atomic E-state index is 9.42. The molecule has 0 bridgehead atoms. The fraction of sp³-hybridized carbons (Fsp3) is 0.409. The van der Waals surface area contributed by atoms with E-state index in [4.69, 9.17) is 0 Å². The molecule has 0 amide bonds. The standard InChI is InChI=1S/C22H28N2/c1-17-12-13-20(14-18(17)15-23)24(19-10-8-7-9-11-19)22(5,6)16-21(2,3)4/h7-14H,16H2,1-6H3. The van der Waals surface area contributed by atoms with E-state index in [2.05, 4.69) is 75.9 Å². The first-order valence-corrected chi connectivity index (χ1v) is 8.50. The van der Waals surface area contributed by atoms with Gasteiger partial charge in [0.1, 0.15) is 0 Å². The van der Waals surface area contributed by atoms with Crippen LogP contribution < -0.4 is 4.90 Å². The predicted octanol–water partition coefficient (Wildman–Crippen LogP) is 6.22. The van der Waals surface area contributed by atoms with E-state index in [-0.39, 0.29) is 11.0 Å². The van der Waals surface area contributed by atoms with Gasteiger partial charge in [0.25, 0.3) is 0 Å². The molecule has 0 aliphatic carbocycles. The lowest BCUT2D eigenvalue weighted by Crippen LogP contribution is -2.43. The number of rotatable bonds is 4. The molecule has 0 saturated carbocycles. The maximum Gasteiger partial charge on any atom is 0.0995 e. The van der Waals surface area contributed by atoms with Crippen LogP contribution in [0.3, 0.4) is 0 Å². The molecule has 126 valence electrons. The summed E-state index contributed by atoms with van der Waals surface area (Å²) >= 11 is 0. The van der Waals surface area contributed by atoms with E-state index in [1.165, 1.54) is 0 Å². The number of hydrogen-bond acceptors (Lipinski definition) is 2. The molecule has 0 heterocycles. The number of benzene rings is 2. The number of hydrogen-bond donors (Lipinski definition) is 0. The number of nitriles is 1. The van der Waals surface area contributed by atoms with E-state index >= 15 is 0 Å². The third kappa shape index (κ3) is 4.17. The summed E-state index contributed by atoms with van der Waals surface area (Å²) in [5.74, 6) is 0. The van der Waals surface area contributed by atoms with Crippen molar-refractivity contribution in [3.05, 3.63) is 59.7 Å². The van der Waals surface area contributed by atoms with Crippen molar-refractivity contribution in [2.75, 3.05) is 4.90 Å². The Hall–Kier alpha value is -2.27. The van der Waals surface area contributed by atoms with Crippen LogP contribution in [-0.4, -0.2) is 5.54 Å². The van der Waals surface area contributed by atoms with Gasteiger partial charge >= 0.3 is 0 Å². The highest BCUT2D eigenvalue weighted by Gasteiger charge is 2.33. The van der Waals surface area contributed by atoms with Crippen LogP contribution in [0.4, 0.5) is 11.4 Å². The summed E-state index contributed by atoms with van der Waals surface area (Å²) < 4.78 is 0. The van der Waals surface area contributed by atoms with E-state index < -0.39 is 0 Å². The number of aryl methyl sites for hydroxylation is 1. The molecule has 2 aromatic carbocycles. The Bertz CT molecular complexity index is 731. The van der Waals surface area contributed by atoms with Gasteiger partial charge < -0.3 is 4.90 Å². The van der Waals surface area contributed by atoms with Gasteiger partial charge in [-0.05, 0) is 62.4 Å². The predicted molar refractivity (Wildman–Crippen MR) is 103 cm³/mol. The van der Waals surface area contributed by atoms with Crippen molar-refractivity contribution in [1.82, 2.24) is 0 Å². The molecule has 2 rings (SSSR count). The smallest absolute Gasteiger partial charge is 0.0995 e. The largest absolute Gasteiger partial charge is 0.336 e. The van der Waals surface area contributed by atoms with Gasteiger partial charge in [0, 0.05) is 16.9 Å². The van der Waals surface area contributed by atoms with Gasteiger partial charge in [0.05, 0.1) is 11.6 Å². The summed E-state index contributed by atoms with van der Waals surface area (Å²) in [6.45, 7) is 13.3. The average Bonchev–Trinajstić information content (AvgIpc) is 2.47. The molecule has 0 spiro atoms. The molecule has 0 fully saturated rings. The summed E-state index contributed by atoms with van der Waals surface area (Å²) in [5.41, 5.74) is 4.10. The molecule has 0 aliphatic rings. The number of nitrogens with zero attached hydrogens (tertiary/aromatic N) is 2. The third-order valence-corrected chi connectivity index (χ3v) is 4.18. The minimum absolute atomic E-state index is 0.0818. The van der Waals surface area contributed by atoms with Gasteiger partial charge in [-0.2, -0.15) is 5.26 Å². The van der Waals surface area contributed by atoms with Gasteiger partial charge in [-0.25, -0.2) is 0 Å². The first-order valence-electron chi connectivity index (χ1n) is 8.50. The monoisotopic (exact) mass is 320 g/mol.